The molecule has 0 amide bonds. The van der Waals surface area contributed by atoms with Crippen molar-refractivity contribution in [3.8, 4) is 0 Å². The largest absolute Gasteiger partial charge is 0.378 e. The predicted molar refractivity (Wildman–Crippen MR) is 72.2 cm³/mol. The molecule has 0 aliphatic carbocycles. The van der Waals surface area contributed by atoms with Crippen molar-refractivity contribution < 1.29 is 4.92 Å². The van der Waals surface area contributed by atoms with Gasteiger partial charge < -0.3 is 10.2 Å². The molecule has 1 saturated heterocycles. The lowest BCUT2D eigenvalue weighted by molar-refractivity contribution is -0.384. The average molecular weight is 270 g/mol. The minimum Gasteiger partial charge on any atom is -0.378 e. The van der Waals surface area contributed by atoms with E-state index in [-0.39, 0.29) is 5.69 Å². The maximum Gasteiger partial charge on any atom is 0.292 e. The summed E-state index contributed by atoms with van der Waals surface area (Å²) < 4.78 is 0. The van der Waals surface area contributed by atoms with Gasteiger partial charge in [-0.25, -0.2) is 0 Å². The standard InChI is InChI=1S/C12H16ClN3O2/c1-15-6-2-3-10(15)8-14-11-7-9(13)4-5-12(11)16(17)18/h4-5,7,10,14H,2-3,6,8H2,1H3. The molecule has 1 aromatic rings. The van der Waals surface area contributed by atoms with Crippen LogP contribution in [0.5, 0.6) is 0 Å². The maximum atomic E-state index is 10.9. The van der Waals surface area contributed by atoms with E-state index in [4.69, 9.17) is 11.6 Å². The van der Waals surface area contributed by atoms with E-state index in [1.807, 2.05) is 0 Å². The molecule has 0 radical (unpaired) electrons. The van der Waals surface area contributed by atoms with Gasteiger partial charge >= 0.3 is 0 Å². The van der Waals surface area contributed by atoms with Crippen LogP contribution in [0.3, 0.4) is 0 Å². The second-order valence-corrected chi connectivity index (χ2v) is 5.01. The van der Waals surface area contributed by atoms with Crippen molar-refractivity contribution in [2.24, 2.45) is 0 Å². The highest BCUT2D eigenvalue weighted by molar-refractivity contribution is 6.31. The third-order valence-electron chi connectivity index (χ3n) is 3.35. The Kier molecular flexibility index (Phi) is 4.04. The van der Waals surface area contributed by atoms with Crippen LogP contribution in [0.1, 0.15) is 12.8 Å². The number of anilines is 1. The van der Waals surface area contributed by atoms with Crippen molar-refractivity contribution in [2.45, 2.75) is 18.9 Å². The Morgan fingerprint density at radius 2 is 2.39 bits per heavy atom. The van der Waals surface area contributed by atoms with E-state index in [0.717, 1.165) is 13.0 Å². The minimum atomic E-state index is -0.392. The molecule has 0 spiro atoms. The van der Waals surface area contributed by atoms with Crippen LogP contribution in [0.25, 0.3) is 0 Å². The molecule has 1 fully saturated rings. The van der Waals surface area contributed by atoms with Gasteiger partial charge in [0.1, 0.15) is 5.69 Å². The van der Waals surface area contributed by atoms with Crippen LogP contribution < -0.4 is 5.32 Å². The van der Waals surface area contributed by atoms with Crippen LogP contribution in [0.15, 0.2) is 18.2 Å². The highest BCUT2D eigenvalue weighted by Gasteiger charge is 2.22. The van der Waals surface area contributed by atoms with Crippen molar-refractivity contribution in [3.63, 3.8) is 0 Å². The number of benzene rings is 1. The highest BCUT2D eigenvalue weighted by atomic mass is 35.5. The SMILES string of the molecule is CN1CCCC1CNc1cc(Cl)ccc1[N+](=O)[O-]. The van der Waals surface area contributed by atoms with Gasteiger partial charge in [0.25, 0.3) is 5.69 Å². The van der Waals surface area contributed by atoms with E-state index in [1.165, 1.54) is 18.6 Å². The molecule has 18 heavy (non-hydrogen) atoms. The molecule has 1 heterocycles. The van der Waals surface area contributed by atoms with E-state index in [1.54, 1.807) is 6.07 Å². The number of hydrogen-bond donors (Lipinski definition) is 1. The molecule has 98 valence electrons. The smallest absolute Gasteiger partial charge is 0.292 e. The van der Waals surface area contributed by atoms with E-state index >= 15 is 0 Å². The van der Waals surface area contributed by atoms with Crippen molar-refractivity contribution in [1.29, 1.82) is 0 Å². The average Bonchev–Trinajstić information content (AvgIpc) is 2.72. The molecule has 0 bridgehead atoms. The third-order valence-corrected chi connectivity index (χ3v) is 3.59. The second-order valence-electron chi connectivity index (χ2n) is 4.58. The molecule has 1 N–H and O–H groups in total. The minimum absolute atomic E-state index is 0.0695. The molecule has 1 unspecified atom stereocenters. The summed E-state index contributed by atoms with van der Waals surface area (Å²) in [4.78, 5) is 12.8. The van der Waals surface area contributed by atoms with E-state index in [0.29, 0.717) is 23.3 Å². The van der Waals surface area contributed by atoms with Crippen LogP contribution in [0.2, 0.25) is 5.02 Å². The van der Waals surface area contributed by atoms with Crippen molar-refractivity contribution in [1.82, 2.24) is 4.90 Å². The fourth-order valence-corrected chi connectivity index (χ4v) is 2.45. The first-order valence-corrected chi connectivity index (χ1v) is 6.34. The third kappa shape index (κ3) is 2.91. The number of halogens is 1. The molecule has 0 saturated carbocycles. The summed E-state index contributed by atoms with van der Waals surface area (Å²) >= 11 is 5.87. The first kappa shape index (κ1) is 13.1. The van der Waals surface area contributed by atoms with Crippen LogP contribution >= 0.6 is 11.6 Å². The summed E-state index contributed by atoms with van der Waals surface area (Å²) in [5.74, 6) is 0. The number of likely N-dealkylation sites (N-methyl/N-ethyl adjacent to an activating group) is 1. The predicted octanol–water partition coefficient (Wildman–Crippen LogP) is 2.75. The number of likely N-dealkylation sites (tertiary alicyclic amines) is 1. The molecule has 2 rings (SSSR count). The summed E-state index contributed by atoms with van der Waals surface area (Å²) in [6.45, 7) is 1.79. The van der Waals surface area contributed by atoms with Gasteiger partial charge in [0.05, 0.1) is 4.92 Å². The Morgan fingerprint density at radius 3 is 3.00 bits per heavy atom. The van der Waals surface area contributed by atoms with Gasteiger partial charge in [-0.15, -0.1) is 0 Å². The van der Waals surface area contributed by atoms with E-state index in [9.17, 15) is 10.1 Å². The van der Waals surface area contributed by atoms with Gasteiger partial charge in [-0.1, -0.05) is 11.6 Å². The Labute approximate surface area is 111 Å². The lowest BCUT2D eigenvalue weighted by atomic mass is 10.2. The van der Waals surface area contributed by atoms with Gasteiger partial charge in [0.15, 0.2) is 0 Å². The van der Waals surface area contributed by atoms with Gasteiger partial charge in [0, 0.05) is 23.7 Å². The lowest BCUT2D eigenvalue weighted by Crippen LogP contribution is -2.31. The molecule has 6 heteroatoms. The van der Waals surface area contributed by atoms with Gasteiger partial charge in [-0.2, -0.15) is 0 Å². The summed E-state index contributed by atoms with van der Waals surface area (Å²) in [6, 6.07) is 5.01. The van der Waals surface area contributed by atoms with Crippen LogP contribution in [0.4, 0.5) is 11.4 Å². The zero-order valence-electron chi connectivity index (χ0n) is 10.2. The molecular weight excluding hydrogens is 254 g/mol. The molecule has 1 atom stereocenters. The normalized spacial score (nSPS) is 20.0. The number of nitro benzene ring substituents is 1. The molecule has 1 aliphatic heterocycles. The zero-order chi connectivity index (χ0) is 13.1. The van der Waals surface area contributed by atoms with Crippen LogP contribution in [0, 0.1) is 10.1 Å². The molecule has 1 aliphatic rings. The topological polar surface area (TPSA) is 58.4 Å². The van der Waals surface area contributed by atoms with Crippen LogP contribution in [-0.4, -0.2) is 36.0 Å². The zero-order valence-corrected chi connectivity index (χ0v) is 11.0. The fourth-order valence-electron chi connectivity index (χ4n) is 2.27. The lowest BCUT2D eigenvalue weighted by Gasteiger charge is -2.20. The Morgan fingerprint density at radius 1 is 1.61 bits per heavy atom. The monoisotopic (exact) mass is 269 g/mol. The molecule has 5 nitrogen and oxygen atoms in total. The fraction of sp³-hybridized carbons (Fsp3) is 0.500. The summed E-state index contributed by atoms with van der Waals surface area (Å²) in [7, 11) is 2.08. The number of nitro groups is 1. The van der Waals surface area contributed by atoms with Crippen molar-refractivity contribution >= 4 is 23.0 Å². The summed E-state index contributed by atoms with van der Waals surface area (Å²) in [5.41, 5.74) is 0.563. The maximum absolute atomic E-state index is 10.9. The Bertz CT molecular complexity index is 453. The number of nitrogens with one attached hydrogen (secondary N) is 1. The first-order chi connectivity index (χ1) is 8.58. The quantitative estimate of drug-likeness (QED) is 0.674. The molecular formula is C12H16ClN3O2. The number of hydrogen-bond acceptors (Lipinski definition) is 4. The molecule has 0 aromatic heterocycles. The highest BCUT2D eigenvalue weighted by Crippen LogP contribution is 2.28. The summed E-state index contributed by atoms with van der Waals surface area (Å²) in [6.07, 6.45) is 2.30. The van der Waals surface area contributed by atoms with E-state index in [2.05, 4.69) is 17.3 Å². The Hall–Kier alpha value is -1.33. The Balaban J connectivity index is 2.08. The van der Waals surface area contributed by atoms with Crippen molar-refractivity contribution in [3.05, 3.63) is 33.3 Å². The van der Waals surface area contributed by atoms with Gasteiger partial charge in [-0.3, -0.25) is 10.1 Å². The summed E-state index contributed by atoms with van der Waals surface area (Å²) in [5, 5.41) is 14.5. The van der Waals surface area contributed by atoms with Gasteiger partial charge in [0.2, 0.25) is 0 Å². The first-order valence-electron chi connectivity index (χ1n) is 5.96. The molecule has 1 aromatic carbocycles. The van der Waals surface area contributed by atoms with Gasteiger partial charge in [-0.05, 0) is 38.6 Å². The second kappa shape index (κ2) is 5.54. The van der Waals surface area contributed by atoms with E-state index < -0.39 is 4.92 Å². The number of nitrogens with zero attached hydrogens (tertiary/aromatic N) is 2. The number of rotatable bonds is 4. The van der Waals surface area contributed by atoms with Crippen LogP contribution in [-0.2, 0) is 0 Å². The van der Waals surface area contributed by atoms with Crippen molar-refractivity contribution in [2.75, 3.05) is 25.5 Å².